The fraction of sp³-hybridized carbons (Fsp3) is 0.154. The van der Waals surface area contributed by atoms with Crippen LogP contribution in [-0.2, 0) is 16.1 Å². The van der Waals surface area contributed by atoms with Crippen molar-refractivity contribution < 1.29 is 9.59 Å². The third kappa shape index (κ3) is 4.46. The summed E-state index contributed by atoms with van der Waals surface area (Å²) in [6.07, 6.45) is 0. The van der Waals surface area contributed by atoms with Crippen molar-refractivity contribution in [2.24, 2.45) is 0 Å². The second kappa shape index (κ2) is 8.74. The van der Waals surface area contributed by atoms with Gasteiger partial charge in [-0.15, -0.1) is 0 Å². The molecule has 2 amide bonds. The Morgan fingerprint density at radius 3 is 2.13 bits per heavy atom. The largest absolute Gasteiger partial charge is 0.269 e. The van der Waals surface area contributed by atoms with Gasteiger partial charge >= 0.3 is 0 Å². The van der Waals surface area contributed by atoms with Crippen molar-refractivity contribution in [2.45, 2.75) is 32.2 Å². The van der Waals surface area contributed by atoms with E-state index in [1.54, 1.807) is 12.1 Å². The van der Waals surface area contributed by atoms with Crippen molar-refractivity contribution in [1.29, 1.82) is 0 Å². The van der Waals surface area contributed by atoms with Crippen molar-refractivity contribution in [3.63, 3.8) is 0 Å². The number of carbonyl (C=O) groups is 2. The quantitative estimate of drug-likeness (QED) is 0.428. The molecule has 0 saturated carbocycles. The van der Waals surface area contributed by atoms with Gasteiger partial charge in [-0.3, -0.25) is 14.5 Å². The Balaban J connectivity index is 1.75. The second-order valence-electron chi connectivity index (χ2n) is 7.74. The van der Waals surface area contributed by atoms with Gasteiger partial charge in [0.15, 0.2) is 0 Å². The van der Waals surface area contributed by atoms with E-state index < -0.39 is 0 Å². The topological polar surface area (TPSA) is 37.4 Å². The van der Waals surface area contributed by atoms with E-state index in [2.05, 4.69) is 0 Å². The minimum absolute atomic E-state index is 0.247. The molecule has 0 N–H and O–H groups in total. The molecule has 3 nitrogen and oxygen atoms in total. The first-order valence-corrected chi connectivity index (χ1v) is 11.2. The summed E-state index contributed by atoms with van der Waals surface area (Å²) in [4.78, 5) is 29.5. The van der Waals surface area contributed by atoms with Crippen molar-refractivity contribution >= 4 is 40.8 Å². The van der Waals surface area contributed by atoms with Crippen molar-refractivity contribution in [2.75, 3.05) is 0 Å². The molecule has 31 heavy (non-hydrogen) atoms. The summed E-state index contributed by atoms with van der Waals surface area (Å²) in [5, 5.41) is 0.627. The summed E-state index contributed by atoms with van der Waals surface area (Å²) in [6.45, 7) is 6.30. The standard InChI is InChI=1S/C26H22ClNO2S/c1-16-4-7-19(8-5-16)15-28-25(29)23(20-9-6-17(2)18(3)14-20)24(26(28)30)31-22-12-10-21(27)11-13-22/h4-14H,15H2,1-3H3. The van der Waals surface area contributed by atoms with Crippen LogP contribution in [0.25, 0.3) is 5.57 Å². The maximum absolute atomic E-state index is 13.5. The average Bonchev–Trinajstić information content (AvgIpc) is 2.97. The number of amides is 2. The van der Waals surface area contributed by atoms with Gasteiger partial charge in [0.05, 0.1) is 17.0 Å². The lowest BCUT2D eigenvalue weighted by molar-refractivity contribution is -0.137. The van der Waals surface area contributed by atoms with E-state index >= 15 is 0 Å². The molecule has 3 aromatic carbocycles. The van der Waals surface area contributed by atoms with Crippen LogP contribution in [0.15, 0.2) is 76.5 Å². The van der Waals surface area contributed by atoms with Gasteiger partial charge in [0.1, 0.15) is 0 Å². The number of nitrogens with zero attached hydrogens (tertiary/aromatic N) is 1. The lowest BCUT2D eigenvalue weighted by atomic mass is 10.0. The molecule has 0 atom stereocenters. The first-order chi connectivity index (χ1) is 14.8. The van der Waals surface area contributed by atoms with Crippen LogP contribution in [0, 0.1) is 20.8 Å². The van der Waals surface area contributed by atoms with Crippen molar-refractivity contribution in [3.05, 3.63) is 104 Å². The number of halogens is 1. The highest BCUT2D eigenvalue weighted by Crippen LogP contribution is 2.40. The fourth-order valence-electron chi connectivity index (χ4n) is 3.44. The number of carbonyl (C=O) groups excluding carboxylic acids is 2. The van der Waals surface area contributed by atoms with Crippen molar-refractivity contribution in [1.82, 2.24) is 4.90 Å². The van der Waals surface area contributed by atoms with Gasteiger partial charge < -0.3 is 0 Å². The van der Waals surface area contributed by atoms with Gasteiger partial charge in [0, 0.05) is 9.92 Å². The van der Waals surface area contributed by atoms with Gasteiger partial charge in [0.25, 0.3) is 11.8 Å². The Hall–Kier alpha value is -2.82. The van der Waals surface area contributed by atoms with Gasteiger partial charge in [-0.25, -0.2) is 0 Å². The Kier molecular flexibility index (Phi) is 6.03. The lowest BCUT2D eigenvalue weighted by Crippen LogP contribution is -2.30. The van der Waals surface area contributed by atoms with Crippen LogP contribution in [0.4, 0.5) is 0 Å². The zero-order valence-corrected chi connectivity index (χ0v) is 19.2. The summed E-state index contributed by atoms with van der Waals surface area (Å²) in [5.41, 5.74) is 5.51. The molecule has 1 heterocycles. The molecule has 0 fully saturated rings. The van der Waals surface area contributed by atoms with Crippen molar-refractivity contribution in [3.8, 4) is 0 Å². The number of imide groups is 1. The number of thioether (sulfide) groups is 1. The van der Waals surface area contributed by atoms with Crippen LogP contribution in [0.5, 0.6) is 0 Å². The van der Waals surface area contributed by atoms with E-state index in [-0.39, 0.29) is 18.4 Å². The zero-order valence-electron chi connectivity index (χ0n) is 17.6. The molecule has 0 bridgehead atoms. The maximum atomic E-state index is 13.5. The molecule has 0 unspecified atom stereocenters. The molecule has 1 aliphatic heterocycles. The van der Waals surface area contributed by atoms with E-state index in [0.29, 0.717) is 15.5 Å². The molecule has 0 aromatic heterocycles. The molecule has 0 saturated heterocycles. The molecule has 4 rings (SSSR count). The third-order valence-electron chi connectivity index (χ3n) is 5.42. The van der Waals surface area contributed by atoms with Gasteiger partial charge in [-0.05, 0) is 67.3 Å². The number of benzene rings is 3. The highest BCUT2D eigenvalue weighted by Gasteiger charge is 2.39. The molecule has 0 aliphatic carbocycles. The van der Waals surface area contributed by atoms with Gasteiger partial charge in [0.2, 0.25) is 0 Å². The van der Waals surface area contributed by atoms with Gasteiger partial charge in [-0.2, -0.15) is 0 Å². The fourth-order valence-corrected chi connectivity index (χ4v) is 4.58. The van der Waals surface area contributed by atoms with Crippen LogP contribution in [0.2, 0.25) is 5.02 Å². The average molecular weight is 448 g/mol. The predicted octanol–water partition coefficient (Wildman–Crippen LogP) is 6.34. The molecular formula is C26H22ClNO2S. The Morgan fingerprint density at radius 1 is 0.806 bits per heavy atom. The summed E-state index contributed by atoms with van der Waals surface area (Å²) in [7, 11) is 0. The number of rotatable bonds is 5. The lowest BCUT2D eigenvalue weighted by Gasteiger charge is -2.15. The highest BCUT2D eigenvalue weighted by molar-refractivity contribution is 8.04. The highest BCUT2D eigenvalue weighted by atomic mass is 35.5. The minimum Gasteiger partial charge on any atom is -0.269 e. The number of aryl methyl sites for hydroxylation is 3. The van der Waals surface area contributed by atoms with E-state index in [4.69, 9.17) is 11.6 Å². The Morgan fingerprint density at radius 2 is 1.48 bits per heavy atom. The van der Waals surface area contributed by atoms with Crippen LogP contribution in [-0.4, -0.2) is 16.7 Å². The summed E-state index contributed by atoms with van der Waals surface area (Å²) in [5.74, 6) is -0.524. The number of hydrogen-bond donors (Lipinski definition) is 0. The first kappa shape index (κ1) is 21.4. The SMILES string of the molecule is Cc1ccc(CN2C(=O)C(Sc3ccc(Cl)cc3)=C(c3ccc(C)c(C)c3)C2=O)cc1. The number of hydrogen-bond acceptors (Lipinski definition) is 3. The summed E-state index contributed by atoms with van der Waals surface area (Å²) < 4.78 is 0. The second-order valence-corrected chi connectivity index (χ2v) is 9.26. The van der Waals surface area contributed by atoms with Crippen LogP contribution >= 0.6 is 23.4 Å². The Labute approximate surface area is 191 Å². The molecule has 0 radical (unpaired) electrons. The molecule has 156 valence electrons. The van der Waals surface area contributed by atoms with Crippen LogP contribution in [0.1, 0.15) is 27.8 Å². The maximum Gasteiger partial charge on any atom is 0.268 e. The van der Waals surface area contributed by atoms with E-state index in [9.17, 15) is 9.59 Å². The molecule has 3 aromatic rings. The van der Waals surface area contributed by atoms with E-state index in [1.807, 2.05) is 75.4 Å². The first-order valence-electron chi connectivity index (χ1n) is 10.0. The molecule has 0 spiro atoms. The van der Waals surface area contributed by atoms with Gasteiger partial charge in [-0.1, -0.05) is 71.4 Å². The molecule has 1 aliphatic rings. The Bertz CT molecular complexity index is 1200. The minimum atomic E-state index is -0.265. The monoisotopic (exact) mass is 447 g/mol. The third-order valence-corrected chi connectivity index (χ3v) is 6.76. The predicted molar refractivity (Wildman–Crippen MR) is 127 cm³/mol. The molecular weight excluding hydrogens is 426 g/mol. The summed E-state index contributed by atoms with van der Waals surface area (Å²) in [6, 6.07) is 21.1. The smallest absolute Gasteiger partial charge is 0.268 e. The van der Waals surface area contributed by atoms with Crippen LogP contribution < -0.4 is 0 Å². The van der Waals surface area contributed by atoms with E-state index in [0.717, 1.165) is 32.7 Å². The summed E-state index contributed by atoms with van der Waals surface area (Å²) >= 11 is 7.32. The van der Waals surface area contributed by atoms with E-state index in [1.165, 1.54) is 16.7 Å². The molecule has 5 heteroatoms. The zero-order chi connectivity index (χ0) is 22.1. The normalized spacial score (nSPS) is 14.0. The van der Waals surface area contributed by atoms with Crippen LogP contribution in [0.3, 0.4) is 0 Å².